The lowest BCUT2D eigenvalue weighted by atomic mass is 10.1. The molecule has 0 aliphatic rings. The van der Waals surface area contributed by atoms with Crippen molar-refractivity contribution >= 4 is 17.2 Å². The molecular formula is C30H43FN2O. The molecule has 2 rings (SSSR count). The Bertz CT molecular complexity index is 841. The molecule has 0 aliphatic carbocycles. The van der Waals surface area contributed by atoms with E-state index >= 15 is 0 Å². The van der Waals surface area contributed by atoms with E-state index in [1.165, 1.54) is 44.0 Å². The lowest BCUT2D eigenvalue weighted by Crippen LogP contribution is -2.11. The number of anilines is 1. The quantitative estimate of drug-likeness (QED) is 0.231. The molecule has 2 aromatic rings. The van der Waals surface area contributed by atoms with Crippen LogP contribution in [0.5, 0.6) is 0 Å². The second kappa shape index (κ2) is 22.9. The van der Waals surface area contributed by atoms with Crippen molar-refractivity contribution in [3.8, 4) is 0 Å². The number of ketones is 1. The molecule has 0 bridgehead atoms. The van der Waals surface area contributed by atoms with Crippen molar-refractivity contribution in [3.63, 3.8) is 0 Å². The molecule has 0 spiro atoms. The van der Waals surface area contributed by atoms with Gasteiger partial charge in [0.25, 0.3) is 0 Å². The summed E-state index contributed by atoms with van der Waals surface area (Å²) in [6, 6.07) is 16.2. The zero-order chi connectivity index (χ0) is 26.2. The minimum atomic E-state index is -0.339. The molecule has 34 heavy (non-hydrogen) atoms. The maximum Gasteiger partial charge on any atom is 0.205 e. The van der Waals surface area contributed by atoms with E-state index in [9.17, 15) is 9.18 Å². The molecule has 0 fully saturated rings. The Morgan fingerprint density at radius 1 is 0.941 bits per heavy atom. The van der Waals surface area contributed by atoms with E-state index in [1.54, 1.807) is 38.1 Å². The van der Waals surface area contributed by atoms with Gasteiger partial charge in [-0.2, -0.15) is 0 Å². The average molecular weight is 467 g/mol. The Hall–Kier alpha value is -3.27. The second-order valence-electron chi connectivity index (χ2n) is 7.42. The van der Waals surface area contributed by atoms with E-state index in [0.717, 1.165) is 5.69 Å². The van der Waals surface area contributed by atoms with Gasteiger partial charge in [0, 0.05) is 18.0 Å². The number of unbranched alkanes of at least 4 members (excludes halogenated alkanes) is 2. The number of rotatable bonds is 8. The van der Waals surface area contributed by atoms with Crippen molar-refractivity contribution in [2.75, 3.05) is 5.32 Å². The van der Waals surface area contributed by atoms with Crippen LogP contribution < -0.4 is 5.32 Å². The van der Waals surface area contributed by atoms with Crippen LogP contribution in [0.15, 0.2) is 91.2 Å². The summed E-state index contributed by atoms with van der Waals surface area (Å²) in [4.78, 5) is 11.6. The SMILES string of the molecule is C=C/C=C(\C)C(=N)C(=O)/C=C\Nc1ccccc1.CCCC.CCCC.Cc1ccccc1F. The van der Waals surface area contributed by atoms with E-state index in [2.05, 4.69) is 39.6 Å². The largest absolute Gasteiger partial charge is 0.362 e. The lowest BCUT2D eigenvalue weighted by molar-refractivity contribution is -0.108. The third kappa shape index (κ3) is 18.3. The van der Waals surface area contributed by atoms with E-state index in [-0.39, 0.29) is 17.3 Å². The van der Waals surface area contributed by atoms with Gasteiger partial charge >= 0.3 is 0 Å². The standard InChI is InChI=1S/C15H16N2O.C7H7F.2C4H10/c1-3-7-12(2)15(16)14(18)10-11-17-13-8-5-4-6-9-13;1-6-4-2-3-5-7(6)8;2*1-3-4-2/h3-11,16-17H,1H2,2H3;2-5H,1H3;2*3-4H2,1-2H3/b11-10-,12-7+,16-15?;;;. The minimum Gasteiger partial charge on any atom is -0.362 e. The zero-order valence-corrected chi connectivity index (χ0v) is 21.8. The molecule has 0 radical (unpaired) electrons. The van der Waals surface area contributed by atoms with E-state index in [0.29, 0.717) is 11.1 Å². The summed E-state index contributed by atoms with van der Waals surface area (Å²) in [5.74, 6) is -0.471. The highest BCUT2D eigenvalue weighted by Crippen LogP contribution is 2.05. The van der Waals surface area contributed by atoms with Crippen LogP contribution in [0.2, 0.25) is 0 Å². The first-order chi connectivity index (χ1) is 16.3. The number of carbonyl (C=O) groups excluding carboxylic acids is 1. The fraction of sp³-hybridized carbons (Fsp3) is 0.333. The van der Waals surface area contributed by atoms with Gasteiger partial charge in [0.05, 0.1) is 0 Å². The van der Waals surface area contributed by atoms with E-state index in [4.69, 9.17) is 5.41 Å². The lowest BCUT2D eigenvalue weighted by Gasteiger charge is -2.00. The molecule has 186 valence electrons. The van der Waals surface area contributed by atoms with Gasteiger partial charge in [0.15, 0.2) is 0 Å². The fourth-order valence-corrected chi connectivity index (χ4v) is 1.84. The number of carbonyl (C=O) groups is 1. The first-order valence-electron chi connectivity index (χ1n) is 11.9. The predicted octanol–water partition coefficient (Wildman–Crippen LogP) is 9.08. The van der Waals surface area contributed by atoms with Crippen molar-refractivity contribution in [2.24, 2.45) is 0 Å². The average Bonchev–Trinajstić information content (AvgIpc) is 2.86. The molecule has 0 aromatic heterocycles. The van der Waals surface area contributed by atoms with Crippen molar-refractivity contribution < 1.29 is 9.18 Å². The van der Waals surface area contributed by atoms with E-state index < -0.39 is 0 Å². The van der Waals surface area contributed by atoms with Crippen molar-refractivity contribution in [3.05, 3.63) is 103 Å². The molecule has 2 aromatic carbocycles. The van der Waals surface area contributed by atoms with Crippen LogP contribution in [-0.2, 0) is 4.79 Å². The molecule has 0 heterocycles. The normalized spacial score (nSPS) is 9.91. The Balaban J connectivity index is 0. The van der Waals surface area contributed by atoms with Crippen LogP contribution in [0.25, 0.3) is 0 Å². The van der Waals surface area contributed by atoms with Crippen LogP contribution in [0.1, 0.15) is 65.9 Å². The predicted molar refractivity (Wildman–Crippen MR) is 148 cm³/mol. The smallest absolute Gasteiger partial charge is 0.205 e. The summed E-state index contributed by atoms with van der Waals surface area (Å²) in [5, 5.41) is 10.6. The summed E-state index contributed by atoms with van der Waals surface area (Å²) in [6.07, 6.45) is 11.4. The van der Waals surface area contributed by atoms with Crippen molar-refractivity contribution in [1.82, 2.24) is 0 Å². The molecular weight excluding hydrogens is 423 g/mol. The number of nitrogens with one attached hydrogen (secondary N) is 2. The minimum absolute atomic E-state index is 0.0268. The Morgan fingerprint density at radius 3 is 1.85 bits per heavy atom. The molecule has 0 unspecified atom stereocenters. The molecule has 0 amide bonds. The number of allylic oxidation sites excluding steroid dienone is 4. The van der Waals surface area contributed by atoms with Gasteiger partial charge in [0.1, 0.15) is 11.5 Å². The highest BCUT2D eigenvalue weighted by Gasteiger charge is 2.06. The summed E-state index contributed by atoms with van der Waals surface area (Å²) < 4.78 is 12.3. The summed E-state index contributed by atoms with van der Waals surface area (Å²) in [6.45, 7) is 15.7. The first kappa shape index (κ1) is 32.9. The van der Waals surface area contributed by atoms with Gasteiger partial charge in [-0.3, -0.25) is 10.2 Å². The van der Waals surface area contributed by atoms with Gasteiger partial charge in [0.2, 0.25) is 5.78 Å². The molecule has 4 heteroatoms. The Morgan fingerprint density at radius 2 is 1.44 bits per heavy atom. The number of hydrogen-bond acceptors (Lipinski definition) is 3. The van der Waals surface area contributed by atoms with E-state index in [1.807, 2.05) is 36.4 Å². The second-order valence-corrected chi connectivity index (χ2v) is 7.42. The van der Waals surface area contributed by atoms with Gasteiger partial charge in [-0.05, 0) is 43.2 Å². The zero-order valence-electron chi connectivity index (χ0n) is 21.8. The highest BCUT2D eigenvalue weighted by atomic mass is 19.1. The molecule has 0 aliphatic heterocycles. The first-order valence-corrected chi connectivity index (χ1v) is 11.9. The van der Waals surface area contributed by atoms with Crippen LogP contribution in [0, 0.1) is 18.2 Å². The van der Waals surface area contributed by atoms with Gasteiger partial charge in [-0.25, -0.2) is 4.39 Å². The number of hydrogen-bond donors (Lipinski definition) is 2. The molecule has 0 atom stereocenters. The Labute approximate surface area is 207 Å². The number of para-hydroxylation sites is 1. The maximum absolute atomic E-state index is 12.3. The van der Waals surface area contributed by atoms with Crippen LogP contribution in [0.3, 0.4) is 0 Å². The van der Waals surface area contributed by atoms with Crippen molar-refractivity contribution in [2.45, 2.75) is 67.2 Å². The topological polar surface area (TPSA) is 53.0 Å². The number of halogens is 1. The van der Waals surface area contributed by atoms with Crippen LogP contribution in [-0.4, -0.2) is 11.5 Å². The summed E-state index contributed by atoms with van der Waals surface area (Å²) in [7, 11) is 0. The molecule has 3 nitrogen and oxygen atoms in total. The van der Waals surface area contributed by atoms with Crippen LogP contribution >= 0.6 is 0 Å². The highest BCUT2D eigenvalue weighted by molar-refractivity contribution is 6.48. The maximum atomic E-state index is 12.3. The molecule has 2 N–H and O–H groups in total. The van der Waals surface area contributed by atoms with Gasteiger partial charge in [-0.1, -0.05) is 109 Å². The van der Waals surface area contributed by atoms with Crippen LogP contribution in [0.4, 0.5) is 10.1 Å². The Kier molecular flexibility index (Phi) is 22.2. The third-order valence-electron chi connectivity index (χ3n) is 4.34. The monoisotopic (exact) mass is 466 g/mol. The fourth-order valence-electron chi connectivity index (χ4n) is 1.84. The molecule has 0 saturated carbocycles. The number of benzene rings is 2. The van der Waals surface area contributed by atoms with Gasteiger partial charge < -0.3 is 5.32 Å². The number of aryl methyl sites for hydroxylation is 1. The third-order valence-corrected chi connectivity index (χ3v) is 4.34. The summed E-state index contributed by atoms with van der Waals surface area (Å²) >= 11 is 0. The summed E-state index contributed by atoms with van der Waals surface area (Å²) in [5.41, 5.74) is 2.17. The van der Waals surface area contributed by atoms with Gasteiger partial charge in [-0.15, -0.1) is 0 Å². The van der Waals surface area contributed by atoms with Crippen molar-refractivity contribution in [1.29, 1.82) is 5.41 Å². The molecule has 0 saturated heterocycles.